The van der Waals surface area contributed by atoms with Crippen molar-refractivity contribution in [2.24, 2.45) is 27.2 Å². The van der Waals surface area contributed by atoms with Crippen molar-refractivity contribution in [3.05, 3.63) is 26.7 Å². The number of benzene rings is 1. The smallest absolute Gasteiger partial charge is 0.223 e. The van der Waals surface area contributed by atoms with Gasteiger partial charge in [-0.25, -0.2) is 4.99 Å². The number of nitrogens with two attached hydrogens (primary N) is 3. The van der Waals surface area contributed by atoms with Crippen LogP contribution in [0.5, 0.6) is 0 Å². The Morgan fingerprint density at radius 1 is 1.19 bits per heavy atom. The van der Waals surface area contributed by atoms with Crippen LogP contribution in [-0.4, -0.2) is 11.9 Å². The zero-order valence-electron chi connectivity index (χ0n) is 7.92. The average Bonchev–Trinajstić information content (AvgIpc) is 2.18. The number of rotatable bonds is 1. The molecule has 0 aliphatic rings. The highest BCUT2D eigenvalue weighted by Crippen LogP contribution is 2.37. The van der Waals surface area contributed by atoms with Gasteiger partial charge in [0.05, 0.1) is 20.2 Å². The number of guanidine groups is 2. The van der Waals surface area contributed by atoms with Crippen LogP contribution >= 0.6 is 39.1 Å². The van der Waals surface area contributed by atoms with Gasteiger partial charge in [-0.05, 0) is 28.1 Å². The Morgan fingerprint density at radius 3 is 2.38 bits per heavy atom. The molecule has 0 aliphatic carbocycles. The van der Waals surface area contributed by atoms with Crippen molar-refractivity contribution in [2.75, 3.05) is 0 Å². The molecule has 0 amide bonds. The van der Waals surface area contributed by atoms with Crippen LogP contribution in [0.25, 0.3) is 0 Å². The van der Waals surface area contributed by atoms with E-state index >= 15 is 0 Å². The molecule has 5 nitrogen and oxygen atoms in total. The van der Waals surface area contributed by atoms with Gasteiger partial charge in [-0.3, -0.25) is 0 Å². The molecule has 0 atom stereocenters. The summed E-state index contributed by atoms with van der Waals surface area (Å²) >= 11 is 15.0. The van der Waals surface area contributed by atoms with Gasteiger partial charge in [0.1, 0.15) is 0 Å². The Kier molecular flexibility index (Phi) is 4.40. The number of hydrogen-bond donors (Lipinski definition) is 3. The van der Waals surface area contributed by atoms with Crippen LogP contribution in [0.2, 0.25) is 10.0 Å². The number of nitrogens with zero attached hydrogens (tertiary/aromatic N) is 2. The summed E-state index contributed by atoms with van der Waals surface area (Å²) in [6.45, 7) is 0. The molecule has 0 saturated carbocycles. The molecule has 0 radical (unpaired) electrons. The molecule has 0 aliphatic heterocycles. The fourth-order valence-corrected chi connectivity index (χ4v) is 1.63. The lowest BCUT2D eigenvalue weighted by Crippen LogP contribution is -2.26. The first-order valence-electron chi connectivity index (χ1n) is 3.99. The molecule has 1 aromatic rings. The summed E-state index contributed by atoms with van der Waals surface area (Å²) in [7, 11) is 0. The van der Waals surface area contributed by atoms with Crippen molar-refractivity contribution < 1.29 is 0 Å². The highest BCUT2D eigenvalue weighted by atomic mass is 79.9. The normalized spacial score (nSPS) is 11.3. The Bertz CT molecular complexity index is 468. The minimum atomic E-state index is -0.176. The van der Waals surface area contributed by atoms with Gasteiger partial charge in [-0.15, -0.1) is 0 Å². The maximum Gasteiger partial charge on any atom is 0.223 e. The molecule has 8 heteroatoms. The molecule has 1 rings (SSSR count). The summed E-state index contributed by atoms with van der Waals surface area (Å²) in [6, 6.07) is 3.23. The van der Waals surface area contributed by atoms with Crippen molar-refractivity contribution in [3.63, 3.8) is 0 Å². The Labute approximate surface area is 110 Å². The van der Waals surface area contributed by atoms with Crippen LogP contribution in [0.1, 0.15) is 0 Å². The second-order valence-corrected chi connectivity index (χ2v) is 4.28. The van der Waals surface area contributed by atoms with E-state index in [2.05, 4.69) is 25.9 Å². The lowest BCUT2D eigenvalue weighted by atomic mass is 10.3. The number of halogens is 3. The summed E-state index contributed by atoms with van der Waals surface area (Å²) < 4.78 is 0.537. The molecule has 0 bridgehead atoms. The largest absolute Gasteiger partial charge is 0.370 e. The molecule has 16 heavy (non-hydrogen) atoms. The zero-order chi connectivity index (χ0) is 12.3. The first-order valence-corrected chi connectivity index (χ1v) is 5.54. The summed E-state index contributed by atoms with van der Waals surface area (Å²) in [5, 5.41) is 0.811. The van der Waals surface area contributed by atoms with Crippen molar-refractivity contribution in [1.82, 2.24) is 0 Å². The average molecular weight is 325 g/mol. The lowest BCUT2D eigenvalue weighted by molar-refractivity contribution is 1.38. The second kappa shape index (κ2) is 5.38. The van der Waals surface area contributed by atoms with Crippen molar-refractivity contribution in [3.8, 4) is 0 Å². The van der Waals surface area contributed by atoms with Crippen LogP contribution in [0.4, 0.5) is 5.69 Å². The first kappa shape index (κ1) is 13.1. The molecular formula is C8H8BrCl2N5. The van der Waals surface area contributed by atoms with Gasteiger partial charge in [0, 0.05) is 0 Å². The van der Waals surface area contributed by atoms with Gasteiger partial charge in [-0.1, -0.05) is 23.2 Å². The first-order chi connectivity index (χ1) is 7.41. The number of hydrogen-bond acceptors (Lipinski definition) is 1. The Balaban J connectivity index is 3.17. The third kappa shape index (κ3) is 3.26. The summed E-state index contributed by atoms with van der Waals surface area (Å²) in [5.41, 5.74) is 16.2. The lowest BCUT2D eigenvalue weighted by Gasteiger charge is -2.03. The summed E-state index contributed by atoms with van der Waals surface area (Å²) in [4.78, 5) is 7.49. The molecule has 0 aromatic heterocycles. The fourth-order valence-electron chi connectivity index (χ4n) is 0.883. The highest BCUT2D eigenvalue weighted by Gasteiger charge is 2.07. The molecule has 1 aromatic carbocycles. The molecule has 0 saturated heterocycles. The monoisotopic (exact) mass is 323 g/mol. The van der Waals surface area contributed by atoms with E-state index in [0.717, 1.165) is 0 Å². The van der Waals surface area contributed by atoms with E-state index < -0.39 is 0 Å². The summed E-state index contributed by atoms with van der Waals surface area (Å²) in [5.74, 6) is -0.262. The summed E-state index contributed by atoms with van der Waals surface area (Å²) in [6.07, 6.45) is 0. The quantitative estimate of drug-likeness (QED) is 0.418. The Hall–Kier alpha value is -0.980. The molecular weight excluding hydrogens is 317 g/mol. The van der Waals surface area contributed by atoms with Crippen LogP contribution < -0.4 is 17.2 Å². The standard InChI is InChI=1S/C8H8BrCl2N5/c9-5-3(10)1-2-4(6(5)11)15-8(14)16-7(12)13/h1-2H,(H6,12,13,14,15,16). The zero-order valence-corrected chi connectivity index (χ0v) is 11.0. The van der Waals surface area contributed by atoms with Crippen molar-refractivity contribution >= 4 is 56.7 Å². The topological polar surface area (TPSA) is 103 Å². The van der Waals surface area contributed by atoms with E-state index in [1.807, 2.05) is 0 Å². The maximum absolute atomic E-state index is 5.97. The fraction of sp³-hybridized carbons (Fsp3) is 0. The van der Waals surface area contributed by atoms with E-state index in [4.69, 9.17) is 40.4 Å². The third-order valence-electron chi connectivity index (χ3n) is 1.49. The van der Waals surface area contributed by atoms with E-state index in [1.54, 1.807) is 12.1 Å². The van der Waals surface area contributed by atoms with Gasteiger partial charge in [0.15, 0.2) is 5.96 Å². The van der Waals surface area contributed by atoms with Crippen LogP contribution in [0.15, 0.2) is 26.6 Å². The third-order valence-corrected chi connectivity index (χ3v) is 3.47. The second-order valence-electron chi connectivity index (χ2n) is 2.70. The van der Waals surface area contributed by atoms with E-state index in [0.29, 0.717) is 20.2 Å². The highest BCUT2D eigenvalue weighted by molar-refractivity contribution is 9.10. The Morgan fingerprint density at radius 2 is 1.81 bits per heavy atom. The van der Waals surface area contributed by atoms with Crippen molar-refractivity contribution in [1.29, 1.82) is 0 Å². The van der Waals surface area contributed by atoms with Gasteiger partial charge in [-0.2, -0.15) is 4.99 Å². The molecule has 0 fully saturated rings. The number of aliphatic imine (C=N–C) groups is 2. The van der Waals surface area contributed by atoms with Gasteiger partial charge < -0.3 is 17.2 Å². The minimum absolute atomic E-state index is 0.0869. The van der Waals surface area contributed by atoms with Crippen LogP contribution in [-0.2, 0) is 0 Å². The predicted octanol–water partition coefficient (Wildman–Crippen LogP) is 1.98. The maximum atomic E-state index is 5.97. The SMILES string of the molecule is NC(N)=NC(N)=Nc1ccc(Cl)c(Br)c1Cl. The minimum Gasteiger partial charge on any atom is -0.370 e. The van der Waals surface area contributed by atoms with E-state index in [9.17, 15) is 0 Å². The molecule has 0 unspecified atom stereocenters. The molecule has 0 heterocycles. The van der Waals surface area contributed by atoms with Gasteiger partial charge in [0.2, 0.25) is 5.96 Å². The predicted molar refractivity (Wildman–Crippen MR) is 71.3 cm³/mol. The van der Waals surface area contributed by atoms with E-state index in [1.165, 1.54) is 0 Å². The van der Waals surface area contributed by atoms with Crippen LogP contribution in [0.3, 0.4) is 0 Å². The molecule has 86 valence electrons. The molecule has 6 N–H and O–H groups in total. The molecule has 0 spiro atoms. The van der Waals surface area contributed by atoms with Gasteiger partial charge >= 0.3 is 0 Å². The van der Waals surface area contributed by atoms with E-state index in [-0.39, 0.29) is 11.9 Å². The van der Waals surface area contributed by atoms with Crippen LogP contribution in [0, 0.1) is 0 Å². The van der Waals surface area contributed by atoms with Crippen molar-refractivity contribution in [2.45, 2.75) is 0 Å². The van der Waals surface area contributed by atoms with Gasteiger partial charge in [0.25, 0.3) is 0 Å².